The molecule has 4 aromatic rings. The second-order valence-electron chi connectivity index (χ2n) is 8.04. The van der Waals surface area contributed by atoms with Gasteiger partial charge in [0.25, 0.3) is 16.0 Å². The number of carbonyl (C=O) groups is 1. The Hall–Kier alpha value is -3.70. The lowest BCUT2D eigenvalue weighted by molar-refractivity contribution is 0.102. The van der Waals surface area contributed by atoms with Crippen molar-refractivity contribution in [2.24, 2.45) is 10.2 Å². The molecule has 0 saturated carbocycles. The van der Waals surface area contributed by atoms with Crippen LogP contribution in [0.2, 0.25) is 10.0 Å². The summed E-state index contributed by atoms with van der Waals surface area (Å²) in [4.78, 5) is 12.9. The average molecular weight is 574 g/mol. The van der Waals surface area contributed by atoms with Crippen molar-refractivity contribution in [2.45, 2.75) is 18.7 Å². The number of carbonyl (C=O) groups excluding carboxylic acids is 1. The summed E-state index contributed by atoms with van der Waals surface area (Å²) in [5.41, 5.74) is 0.317. The lowest BCUT2D eigenvalue weighted by atomic mass is 10.0. The maximum absolute atomic E-state index is 13.3. The lowest BCUT2D eigenvalue weighted by Gasteiger charge is -2.15. The summed E-state index contributed by atoms with van der Waals surface area (Å²) in [5, 5.41) is 23.3. The number of nitrogens with zero attached hydrogens (tertiary/aromatic N) is 2. The first kappa shape index (κ1) is 27.3. The lowest BCUT2D eigenvalue weighted by Crippen LogP contribution is -2.14. The number of hydrogen-bond acceptors (Lipinski definition) is 7. The molecule has 0 fully saturated rings. The number of para-hydroxylation sites is 1. The number of benzene rings is 4. The number of ether oxygens (including phenoxy) is 1. The van der Waals surface area contributed by atoms with Crippen LogP contribution in [0.15, 0.2) is 75.8 Å². The van der Waals surface area contributed by atoms with Crippen LogP contribution in [0, 0.1) is 6.92 Å². The molecule has 12 heteroatoms. The smallest absolute Gasteiger partial charge is 0.294 e. The van der Waals surface area contributed by atoms with Gasteiger partial charge in [0.15, 0.2) is 5.75 Å². The topological polar surface area (TPSA) is 138 Å². The van der Waals surface area contributed by atoms with Gasteiger partial charge in [-0.05, 0) is 55.1 Å². The maximum atomic E-state index is 13.3. The fourth-order valence-corrected chi connectivity index (χ4v) is 4.99. The Morgan fingerprint density at radius 3 is 2.50 bits per heavy atom. The molecule has 0 aliphatic carbocycles. The van der Waals surface area contributed by atoms with Gasteiger partial charge in [-0.3, -0.25) is 9.35 Å². The van der Waals surface area contributed by atoms with E-state index < -0.39 is 21.8 Å². The molecule has 0 atom stereocenters. The fraction of sp³-hybridized carbons (Fsp3) is 0.115. The van der Waals surface area contributed by atoms with Crippen molar-refractivity contribution in [2.75, 3.05) is 11.9 Å². The van der Waals surface area contributed by atoms with E-state index in [1.807, 2.05) is 0 Å². The quantitative estimate of drug-likeness (QED) is 0.155. The van der Waals surface area contributed by atoms with E-state index in [1.165, 1.54) is 19.1 Å². The van der Waals surface area contributed by atoms with Crippen molar-refractivity contribution in [1.82, 2.24) is 0 Å². The Kier molecular flexibility index (Phi) is 7.89. The third-order valence-electron chi connectivity index (χ3n) is 5.61. The SMILES string of the molecule is CCOc1cccc(Cl)c1NC(=O)c1cc2ccccc2c(N=Nc2ccc(S(=O)(=O)O)c(C)c2Cl)c1O. The molecular formula is C26H21Cl2N3O6S. The predicted molar refractivity (Wildman–Crippen MR) is 146 cm³/mol. The van der Waals surface area contributed by atoms with Crippen LogP contribution in [0.1, 0.15) is 22.8 Å². The van der Waals surface area contributed by atoms with Gasteiger partial charge in [-0.1, -0.05) is 53.5 Å². The van der Waals surface area contributed by atoms with Crippen molar-refractivity contribution in [3.63, 3.8) is 0 Å². The Morgan fingerprint density at radius 1 is 1.05 bits per heavy atom. The first-order valence-electron chi connectivity index (χ1n) is 11.2. The Labute approximate surface area is 228 Å². The van der Waals surface area contributed by atoms with Crippen molar-refractivity contribution in [1.29, 1.82) is 0 Å². The molecule has 1 amide bonds. The van der Waals surface area contributed by atoms with Gasteiger partial charge < -0.3 is 15.2 Å². The molecule has 0 heterocycles. The van der Waals surface area contributed by atoms with Crippen LogP contribution in [0.25, 0.3) is 10.8 Å². The van der Waals surface area contributed by atoms with Crippen LogP contribution < -0.4 is 10.1 Å². The normalized spacial score (nSPS) is 11.7. The highest BCUT2D eigenvalue weighted by molar-refractivity contribution is 7.85. The minimum absolute atomic E-state index is 0.00924. The molecule has 0 saturated heterocycles. The van der Waals surface area contributed by atoms with E-state index in [9.17, 15) is 22.9 Å². The van der Waals surface area contributed by atoms with E-state index in [1.54, 1.807) is 49.4 Å². The highest BCUT2D eigenvalue weighted by Gasteiger charge is 2.21. The molecule has 0 spiro atoms. The highest BCUT2D eigenvalue weighted by atomic mass is 35.5. The number of amides is 1. The Morgan fingerprint density at radius 2 is 1.79 bits per heavy atom. The number of azo groups is 1. The first-order chi connectivity index (χ1) is 18.0. The number of nitrogens with one attached hydrogen (secondary N) is 1. The van der Waals surface area contributed by atoms with E-state index in [0.717, 1.165) is 6.07 Å². The van der Waals surface area contributed by atoms with Crippen LogP contribution in [-0.2, 0) is 10.1 Å². The second kappa shape index (κ2) is 11.0. The zero-order chi connectivity index (χ0) is 27.6. The summed E-state index contributed by atoms with van der Waals surface area (Å²) in [6, 6.07) is 15.8. The number of anilines is 1. The summed E-state index contributed by atoms with van der Waals surface area (Å²) < 4.78 is 38.0. The molecule has 0 aromatic heterocycles. The van der Waals surface area contributed by atoms with Gasteiger partial charge in [0.1, 0.15) is 22.8 Å². The number of phenols is 1. The van der Waals surface area contributed by atoms with Gasteiger partial charge in [-0.25, -0.2) is 0 Å². The van der Waals surface area contributed by atoms with Crippen LogP contribution >= 0.6 is 23.2 Å². The summed E-state index contributed by atoms with van der Waals surface area (Å²) in [7, 11) is -4.49. The fourth-order valence-electron chi connectivity index (χ4n) is 3.79. The molecule has 0 aliphatic rings. The minimum Gasteiger partial charge on any atom is -0.505 e. The monoisotopic (exact) mass is 573 g/mol. The van der Waals surface area contributed by atoms with Gasteiger partial charge in [0.2, 0.25) is 0 Å². The van der Waals surface area contributed by atoms with Gasteiger partial charge in [-0.2, -0.15) is 8.42 Å². The van der Waals surface area contributed by atoms with Crippen molar-refractivity contribution in [3.8, 4) is 11.5 Å². The first-order valence-corrected chi connectivity index (χ1v) is 13.4. The molecule has 0 unspecified atom stereocenters. The summed E-state index contributed by atoms with van der Waals surface area (Å²) >= 11 is 12.6. The molecule has 38 heavy (non-hydrogen) atoms. The summed E-state index contributed by atoms with van der Waals surface area (Å²) in [5.74, 6) is -0.741. The van der Waals surface area contributed by atoms with Crippen LogP contribution in [-0.4, -0.2) is 30.6 Å². The van der Waals surface area contributed by atoms with Gasteiger partial charge in [0, 0.05) is 5.39 Å². The molecular weight excluding hydrogens is 553 g/mol. The van der Waals surface area contributed by atoms with E-state index >= 15 is 0 Å². The second-order valence-corrected chi connectivity index (χ2v) is 10.2. The standard InChI is InChI=1S/C26H21Cl2N3O6S/c1-3-37-20-10-6-9-18(27)24(20)29-26(33)17-13-15-7-4-5-8-16(15)23(25(17)32)31-30-19-11-12-21(38(34,35)36)14(2)22(19)28/h4-13,32H,3H2,1-2H3,(H,29,33)(H,34,35,36). The zero-order valence-corrected chi connectivity index (χ0v) is 22.4. The Balaban J connectivity index is 1.80. The van der Waals surface area contributed by atoms with E-state index in [2.05, 4.69) is 15.5 Å². The molecule has 196 valence electrons. The molecule has 3 N–H and O–H groups in total. The van der Waals surface area contributed by atoms with E-state index in [-0.39, 0.29) is 43.1 Å². The van der Waals surface area contributed by atoms with Gasteiger partial charge >= 0.3 is 0 Å². The minimum atomic E-state index is -4.49. The highest BCUT2D eigenvalue weighted by Crippen LogP contribution is 2.41. The number of fused-ring (bicyclic) bond motifs is 1. The molecule has 0 radical (unpaired) electrons. The van der Waals surface area contributed by atoms with Crippen molar-refractivity contribution >= 4 is 67.1 Å². The average Bonchev–Trinajstić information content (AvgIpc) is 2.87. The van der Waals surface area contributed by atoms with Crippen molar-refractivity contribution in [3.05, 3.63) is 81.8 Å². The molecule has 9 nitrogen and oxygen atoms in total. The maximum Gasteiger partial charge on any atom is 0.294 e. The number of aromatic hydroxyl groups is 1. The molecule has 4 aromatic carbocycles. The predicted octanol–water partition coefficient (Wildman–Crippen LogP) is 7.47. The third-order valence-corrected chi connectivity index (χ3v) is 7.40. The van der Waals surface area contributed by atoms with Crippen LogP contribution in [0.4, 0.5) is 17.1 Å². The van der Waals surface area contributed by atoms with E-state index in [4.69, 9.17) is 27.9 Å². The van der Waals surface area contributed by atoms with Gasteiger partial charge in [0.05, 0.1) is 27.1 Å². The number of halogens is 2. The third kappa shape index (κ3) is 5.44. The summed E-state index contributed by atoms with van der Waals surface area (Å²) in [6.07, 6.45) is 0. The number of phenolic OH excluding ortho intramolecular Hbond substituents is 1. The van der Waals surface area contributed by atoms with Crippen LogP contribution in [0.3, 0.4) is 0 Å². The summed E-state index contributed by atoms with van der Waals surface area (Å²) in [6.45, 7) is 3.55. The van der Waals surface area contributed by atoms with Crippen LogP contribution in [0.5, 0.6) is 11.5 Å². The van der Waals surface area contributed by atoms with E-state index in [0.29, 0.717) is 23.1 Å². The largest absolute Gasteiger partial charge is 0.505 e. The molecule has 4 rings (SSSR count). The number of hydrogen-bond donors (Lipinski definition) is 3. The molecule has 0 aliphatic heterocycles. The zero-order valence-electron chi connectivity index (χ0n) is 20.1. The Bertz CT molecular complexity index is 1710. The number of rotatable bonds is 7. The van der Waals surface area contributed by atoms with Gasteiger partial charge in [-0.15, -0.1) is 10.2 Å². The molecule has 0 bridgehead atoms. The van der Waals surface area contributed by atoms with Crippen molar-refractivity contribution < 1.29 is 27.6 Å².